The highest BCUT2D eigenvalue weighted by atomic mass is 16.6. The van der Waals surface area contributed by atoms with Crippen LogP contribution in [0, 0.1) is 0 Å². The van der Waals surface area contributed by atoms with E-state index in [4.69, 9.17) is 14.2 Å². The van der Waals surface area contributed by atoms with E-state index in [0.29, 0.717) is 34.8 Å². The van der Waals surface area contributed by atoms with Crippen molar-refractivity contribution in [3.05, 3.63) is 47.8 Å². The lowest BCUT2D eigenvalue weighted by Crippen LogP contribution is -2.34. The number of amides is 1. The van der Waals surface area contributed by atoms with Crippen molar-refractivity contribution in [1.29, 1.82) is 0 Å². The second-order valence-electron chi connectivity index (χ2n) is 8.33. The monoisotopic (exact) mass is 455 g/mol. The first-order chi connectivity index (χ1) is 15.7. The lowest BCUT2D eigenvalue weighted by molar-refractivity contribution is 0.0519. The molecule has 0 bridgehead atoms. The maximum atomic E-state index is 11.9. The Morgan fingerprint density at radius 1 is 1.21 bits per heavy atom. The summed E-state index contributed by atoms with van der Waals surface area (Å²) in [5.41, 5.74) is 1.59. The van der Waals surface area contributed by atoms with Gasteiger partial charge in [-0.25, -0.2) is 19.6 Å². The van der Waals surface area contributed by atoms with E-state index in [0.717, 1.165) is 5.56 Å². The van der Waals surface area contributed by atoms with Gasteiger partial charge in [0.1, 0.15) is 34.9 Å². The van der Waals surface area contributed by atoms with Crippen LogP contribution in [-0.2, 0) is 9.47 Å². The van der Waals surface area contributed by atoms with E-state index in [-0.39, 0.29) is 12.6 Å². The summed E-state index contributed by atoms with van der Waals surface area (Å²) in [6.45, 7) is 7.97. The molecule has 3 aromatic rings. The molecule has 3 N–H and O–H groups in total. The molecule has 0 saturated heterocycles. The van der Waals surface area contributed by atoms with Crippen molar-refractivity contribution in [2.45, 2.75) is 39.3 Å². The van der Waals surface area contributed by atoms with Gasteiger partial charge in [0.25, 0.3) is 0 Å². The molecular formula is C23H29N5O5. The Bertz CT molecular complexity index is 1120. The van der Waals surface area contributed by atoms with Crippen molar-refractivity contribution < 1.29 is 23.8 Å². The van der Waals surface area contributed by atoms with Crippen LogP contribution >= 0.6 is 0 Å². The summed E-state index contributed by atoms with van der Waals surface area (Å²) in [5.74, 6) is 0.690. The SMILES string of the molecule is COC(=O)c1c[nH]c2ncc(NC(C)c3ccccc3OCCNC(=O)OC(C)(C)C)nc12. The van der Waals surface area contributed by atoms with Gasteiger partial charge in [0.2, 0.25) is 0 Å². The highest BCUT2D eigenvalue weighted by Crippen LogP contribution is 2.28. The third kappa shape index (κ3) is 6.34. The van der Waals surface area contributed by atoms with Gasteiger partial charge in [-0.05, 0) is 33.8 Å². The van der Waals surface area contributed by atoms with Crippen LogP contribution in [-0.4, -0.2) is 52.9 Å². The minimum atomic E-state index is -0.553. The minimum absolute atomic E-state index is 0.174. The summed E-state index contributed by atoms with van der Waals surface area (Å²) in [6, 6.07) is 7.41. The number of para-hydroxylation sites is 1. The number of fused-ring (bicyclic) bond motifs is 1. The number of anilines is 1. The van der Waals surface area contributed by atoms with Crippen molar-refractivity contribution in [2.75, 3.05) is 25.6 Å². The molecule has 0 aliphatic carbocycles. The van der Waals surface area contributed by atoms with Crippen LogP contribution in [0.1, 0.15) is 49.7 Å². The van der Waals surface area contributed by atoms with Crippen LogP contribution in [0.5, 0.6) is 5.75 Å². The molecule has 1 aromatic carbocycles. The summed E-state index contributed by atoms with van der Waals surface area (Å²) in [6.07, 6.45) is 2.63. The topological polar surface area (TPSA) is 127 Å². The molecule has 33 heavy (non-hydrogen) atoms. The minimum Gasteiger partial charge on any atom is -0.491 e. The quantitative estimate of drug-likeness (QED) is 0.345. The van der Waals surface area contributed by atoms with Crippen molar-refractivity contribution in [2.24, 2.45) is 0 Å². The molecule has 0 saturated carbocycles. The van der Waals surface area contributed by atoms with Crippen LogP contribution in [0.15, 0.2) is 36.7 Å². The molecule has 2 aromatic heterocycles. The van der Waals surface area contributed by atoms with Crippen LogP contribution in [0.25, 0.3) is 11.2 Å². The first-order valence-electron chi connectivity index (χ1n) is 10.6. The van der Waals surface area contributed by atoms with Crippen LogP contribution in [0.2, 0.25) is 0 Å². The first kappa shape index (κ1) is 23.8. The van der Waals surface area contributed by atoms with Gasteiger partial charge in [0.15, 0.2) is 5.65 Å². The van der Waals surface area contributed by atoms with Gasteiger partial charge < -0.3 is 29.8 Å². The van der Waals surface area contributed by atoms with Crippen molar-refractivity contribution in [3.8, 4) is 5.75 Å². The van der Waals surface area contributed by atoms with Gasteiger partial charge in [0.05, 0.1) is 25.9 Å². The van der Waals surface area contributed by atoms with E-state index >= 15 is 0 Å². The molecule has 10 heteroatoms. The molecule has 3 rings (SSSR count). The van der Waals surface area contributed by atoms with Gasteiger partial charge in [0, 0.05) is 11.8 Å². The summed E-state index contributed by atoms with van der Waals surface area (Å²) in [7, 11) is 1.32. The number of hydrogen-bond donors (Lipinski definition) is 3. The van der Waals surface area contributed by atoms with Crippen LogP contribution in [0.4, 0.5) is 10.6 Å². The molecule has 1 unspecified atom stereocenters. The maximum absolute atomic E-state index is 11.9. The molecular weight excluding hydrogens is 426 g/mol. The van der Waals surface area contributed by atoms with Gasteiger partial charge in [-0.15, -0.1) is 0 Å². The summed E-state index contributed by atoms with van der Waals surface area (Å²) < 4.78 is 15.9. The van der Waals surface area contributed by atoms with E-state index in [9.17, 15) is 9.59 Å². The average Bonchev–Trinajstić information content (AvgIpc) is 3.18. The van der Waals surface area contributed by atoms with Crippen LogP contribution in [0.3, 0.4) is 0 Å². The predicted octanol–water partition coefficient (Wildman–Crippen LogP) is 3.82. The Morgan fingerprint density at radius 2 is 1.97 bits per heavy atom. The normalized spacial score (nSPS) is 12.2. The number of nitrogens with zero attached hydrogens (tertiary/aromatic N) is 2. The number of aromatic nitrogens is 3. The summed E-state index contributed by atoms with van der Waals surface area (Å²) in [5, 5.41) is 5.96. The fourth-order valence-corrected chi connectivity index (χ4v) is 3.12. The Labute approximate surface area is 192 Å². The first-order valence-corrected chi connectivity index (χ1v) is 10.6. The predicted molar refractivity (Wildman–Crippen MR) is 123 cm³/mol. The van der Waals surface area contributed by atoms with Gasteiger partial charge in [-0.3, -0.25) is 0 Å². The molecule has 0 radical (unpaired) electrons. The molecule has 10 nitrogen and oxygen atoms in total. The number of esters is 1. The van der Waals surface area contributed by atoms with Gasteiger partial charge in [-0.2, -0.15) is 0 Å². The lowest BCUT2D eigenvalue weighted by Gasteiger charge is -2.20. The molecule has 0 aliphatic heterocycles. The fraction of sp³-hybridized carbons (Fsp3) is 0.391. The van der Waals surface area contributed by atoms with E-state index < -0.39 is 17.7 Å². The molecule has 2 heterocycles. The molecule has 0 aliphatic rings. The maximum Gasteiger partial charge on any atom is 0.407 e. The number of carbonyl (C=O) groups is 2. The Balaban J connectivity index is 1.64. The largest absolute Gasteiger partial charge is 0.491 e. The van der Waals surface area contributed by atoms with E-state index in [1.807, 2.05) is 52.0 Å². The molecule has 176 valence electrons. The number of hydrogen-bond acceptors (Lipinski definition) is 8. The third-order valence-electron chi connectivity index (χ3n) is 4.56. The zero-order valence-electron chi connectivity index (χ0n) is 19.4. The summed E-state index contributed by atoms with van der Waals surface area (Å²) in [4.78, 5) is 35.5. The third-order valence-corrected chi connectivity index (χ3v) is 4.56. The van der Waals surface area contributed by atoms with Crippen molar-refractivity contribution >= 4 is 29.0 Å². The zero-order valence-corrected chi connectivity index (χ0v) is 19.4. The highest BCUT2D eigenvalue weighted by molar-refractivity contribution is 6.01. The Kier molecular flexibility index (Phi) is 7.37. The van der Waals surface area contributed by atoms with E-state index in [2.05, 4.69) is 25.6 Å². The second kappa shape index (κ2) is 10.2. The van der Waals surface area contributed by atoms with Crippen molar-refractivity contribution in [1.82, 2.24) is 20.3 Å². The van der Waals surface area contributed by atoms with Crippen LogP contribution < -0.4 is 15.4 Å². The number of alkyl carbamates (subject to hydrolysis) is 1. The Hall–Kier alpha value is -3.82. The lowest BCUT2D eigenvalue weighted by atomic mass is 10.1. The zero-order chi connectivity index (χ0) is 24.0. The number of aromatic amines is 1. The average molecular weight is 456 g/mol. The molecule has 1 atom stereocenters. The fourth-order valence-electron chi connectivity index (χ4n) is 3.12. The second-order valence-corrected chi connectivity index (χ2v) is 8.33. The number of benzene rings is 1. The smallest absolute Gasteiger partial charge is 0.407 e. The van der Waals surface area contributed by atoms with E-state index in [1.54, 1.807) is 6.20 Å². The van der Waals surface area contributed by atoms with Crippen molar-refractivity contribution in [3.63, 3.8) is 0 Å². The molecule has 0 fully saturated rings. The Morgan fingerprint density at radius 3 is 2.70 bits per heavy atom. The number of H-pyrrole nitrogens is 1. The van der Waals surface area contributed by atoms with E-state index in [1.165, 1.54) is 13.3 Å². The number of methoxy groups -OCH3 is 1. The standard InChI is InChI=1S/C23H29N5O5/c1-14(27-18-13-26-20-19(28-18)16(12-25-20)21(29)31-5)15-8-6-7-9-17(15)32-11-10-24-22(30)33-23(2,3)4/h6-9,12-14H,10-11H2,1-5H3,(H,24,30)(H,25,26)(H,27,28). The highest BCUT2D eigenvalue weighted by Gasteiger charge is 2.18. The van der Waals surface area contributed by atoms with Gasteiger partial charge in [-0.1, -0.05) is 18.2 Å². The number of carbonyl (C=O) groups excluding carboxylic acids is 2. The summed E-state index contributed by atoms with van der Waals surface area (Å²) >= 11 is 0. The number of ether oxygens (including phenoxy) is 3. The molecule has 1 amide bonds. The molecule has 0 spiro atoms. The number of nitrogens with one attached hydrogen (secondary N) is 3. The van der Waals surface area contributed by atoms with Gasteiger partial charge >= 0.3 is 12.1 Å². The number of rotatable bonds is 8.